The third-order valence-corrected chi connectivity index (χ3v) is 7.45. The van der Waals surface area contributed by atoms with Crippen LogP contribution in [0.1, 0.15) is 54.0 Å². The predicted octanol–water partition coefficient (Wildman–Crippen LogP) is 4.66. The van der Waals surface area contributed by atoms with Gasteiger partial charge in [-0.15, -0.1) is 0 Å². The Morgan fingerprint density at radius 3 is 2.26 bits per heavy atom. The van der Waals surface area contributed by atoms with Crippen LogP contribution >= 0.6 is 0 Å². The first-order valence-electron chi connectivity index (χ1n) is 13.2. The molecule has 1 amide bonds. The molecule has 5 rings (SSSR count). The van der Waals surface area contributed by atoms with Gasteiger partial charge in [0, 0.05) is 18.5 Å². The van der Waals surface area contributed by atoms with Crippen molar-refractivity contribution >= 4 is 11.9 Å². The number of carboxylic acid groups (broad SMARTS) is 1. The third-order valence-electron chi connectivity index (χ3n) is 7.45. The number of aliphatic hydroxyl groups excluding tert-OH is 1. The molecule has 2 aliphatic rings. The molecule has 2 N–H and O–H groups in total. The zero-order chi connectivity index (χ0) is 26.5. The Morgan fingerprint density at radius 1 is 0.895 bits per heavy atom. The molecule has 0 radical (unpaired) electrons. The second-order valence-electron chi connectivity index (χ2n) is 10.0. The lowest BCUT2D eigenvalue weighted by atomic mass is 9.91. The lowest BCUT2D eigenvalue weighted by molar-refractivity contribution is -0.161. The van der Waals surface area contributed by atoms with Crippen LogP contribution in [-0.2, 0) is 33.9 Å². The number of carbonyl (C=O) groups is 2. The van der Waals surface area contributed by atoms with Gasteiger partial charge in [0.1, 0.15) is 18.4 Å². The van der Waals surface area contributed by atoms with Gasteiger partial charge in [0.25, 0.3) is 5.91 Å². The molecule has 1 fully saturated rings. The third kappa shape index (κ3) is 5.90. The number of hydrogen-bond donors (Lipinski definition) is 2. The fourth-order valence-corrected chi connectivity index (χ4v) is 5.34. The molecule has 0 bridgehead atoms. The summed E-state index contributed by atoms with van der Waals surface area (Å²) < 4.78 is 12.4. The summed E-state index contributed by atoms with van der Waals surface area (Å²) in [6.07, 6.45) is 1.29. The number of benzene rings is 3. The van der Waals surface area contributed by atoms with Crippen molar-refractivity contribution in [3.8, 4) is 5.75 Å². The van der Waals surface area contributed by atoms with Crippen molar-refractivity contribution in [3.05, 3.63) is 101 Å². The molecular formula is C31H33NO6. The van der Waals surface area contributed by atoms with E-state index in [2.05, 4.69) is 0 Å². The van der Waals surface area contributed by atoms with Crippen molar-refractivity contribution in [2.45, 2.75) is 69.6 Å². The summed E-state index contributed by atoms with van der Waals surface area (Å²) in [5.74, 6) is -0.785. The summed E-state index contributed by atoms with van der Waals surface area (Å²) in [6, 6.07) is 23.6. The van der Waals surface area contributed by atoms with Crippen LogP contribution in [0.2, 0.25) is 0 Å². The number of aliphatic carboxylic acids is 1. The van der Waals surface area contributed by atoms with Gasteiger partial charge in [-0.1, -0.05) is 72.8 Å². The van der Waals surface area contributed by atoms with Gasteiger partial charge in [0.2, 0.25) is 0 Å². The van der Waals surface area contributed by atoms with Crippen LogP contribution in [0.5, 0.6) is 5.75 Å². The van der Waals surface area contributed by atoms with Gasteiger partial charge in [0.05, 0.1) is 12.2 Å². The predicted molar refractivity (Wildman–Crippen MR) is 141 cm³/mol. The van der Waals surface area contributed by atoms with E-state index in [-0.39, 0.29) is 31.1 Å². The fraction of sp³-hybridized carbons (Fsp3) is 0.355. The number of rotatable bonds is 8. The normalized spacial score (nSPS) is 21.8. The Bertz CT molecular complexity index is 1240. The molecular weight excluding hydrogens is 482 g/mol. The molecule has 38 heavy (non-hydrogen) atoms. The smallest absolute Gasteiger partial charge is 0.326 e. The molecule has 2 atom stereocenters. The van der Waals surface area contributed by atoms with E-state index >= 15 is 0 Å². The molecule has 0 spiro atoms. The number of aliphatic hydroxyl groups is 1. The summed E-state index contributed by atoms with van der Waals surface area (Å²) in [4.78, 5) is 27.9. The topological polar surface area (TPSA) is 96.3 Å². The molecule has 3 aromatic carbocycles. The molecule has 7 heteroatoms. The van der Waals surface area contributed by atoms with Gasteiger partial charge in [-0.3, -0.25) is 4.79 Å². The molecule has 0 saturated heterocycles. The van der Waals surface area contributed by atoms with E-state index in [1.807, 2.05) is 78.9 Å². The van der Waals surface area contributed by atoms with Gasteiger partial charge < -0.3 is 24.6 Å². The van der Waals surface area contributed by atoms with Gasteiger partial charge in [-0.05, 0) is 48.4 Å². The van der Waals surface area contributed by atoms with Crippen LogP contribution in [0.3, 0.4) is 0 Å². The van der Waals surface area contributed by atoms with Crippen LogP contribution in [0, 0.1) is 0 Å². The zero-order valence-electron chi connectivity index (χ0n) is 21.2. The molecule has 1 aliphatic heterocycles. The minimum absolute atomic E-state index is 0.151. The number of carbonyl (C=O) groups excluding carboxylic acids is 1. The maximum absolute atomic E-state index is 14.0. The first kappa shape index (κ1) is 25.9. The number of ether oxygens (including phenoxy) is 2. The molecule has 0 aromatic heterocycles. The van der Waals surface area contributed by atoms with E-state index in [9.17, 15) is 19.8 Å². The minimum Gasteiger partial charge on any atom is -0.489 e. The quantitative estimate of drug-likeness (QED) is 0.453. The van der Waals surface area contributed by atoms with E-state index in [0.29, 0.717) is 43.6 Å². The highest BCUT2D eigenvalue weighted by molar-refractivity contribution is 5.88. The maximum atomic E-state index is 14.0. The Kier molecular flexibility index (Phi) is 8.05. The van der Waals surface area contributed by atoms with Crippen molar-refractivity contribution < 1.29 is 29.3 Å². The molecule has 1 heterocycles. The summed E-state index contributed by atoms with van der Waals surface area (Å²) in [5.41, 5.74) is 3.40. The van der Waals surface area contributed by atoms with Crippen LogP contribution in [-0.4, -0.2) is 45.2 Å². The van der Waals surface area contributed by atoms with E-state index in [4.69, 9.17) is 9.47 Å². The van der Waals surface area contributed by atoms with Gasteiger partial charge in [0.15, 0.2) is 6.10 Å². The monoisotopic (exact) mass is 515 g/mol. The first-order chi connectivity index (χ1) is 18.5. The van der Waals surface area contributed by atoms with Crippen molar-refractivity contribution in [1.82, 2.24) is 4.90 Å². The standard InChI is InChI=1S/C31H33NO6/c33-24-14-16-25(17-15-24)38-29(22-10-5-2-6-11-22)30(34)32-19-23-12-7-13-28(26(23)18-27(32)31(35)36)37-20-21-8-3-1-4-9-21/h1-13,24-25,27,29,33H,14-20H2,(H,35,36)/t24?,25?,27-,29?/m0/s1. The fourth-order valence-electron chi connectivity index (χ4n) is 5.34. The Balaban J connectivity index is 1.40. The number of nitrogens with zero attached hydrogens (tertiary/aromatic N) is 1. The Labute approximate surface area is 222 Å². The number of amides is 1. The highest BCUT2D eigenvalue weighted by Crippen LogP contribution is 2.35. The largest absolute Gasteiger partial charge is 0.489 e. The van der Waals surface area contributed by atoms with Crippen molar-refractivity contribution in [2.24, 2.45) is 0 Å². The molecule has 1 saturated carbocycles. The number of hydrogen-bond acceptors (Lipinski definition) is 5. The minimum atomic E-state index is -1.06. The molecule has 1 unspecified atom stereocenters. The van der Waals surface area contributed by atoms with Crippen molar-refractivity contribution in [2.75, 3.05) is 0 Å². The second-order valence-corrected chi connectivity index (χ2v) is 10.0. The summed E-state index contributed by atoms with van der Waals surface area (Å²) in [6.45, 7) is 0.529. The van der Waals surface area contributed by atoms with E-state index in [1.54, 1.807) is 0 Å². The molecule has 1 aliphatic carbocycles. The van der Waals surface area contributed by atoms with Crippen LogP contribution in [0.15, 0.2) is 78.9 Å². The van der Waals surface area contributed by atoms with E-state index < -0.39 is 18.1 Å². The summed E-state index contributed by atoms with van der Waals surface area (Å²) in [5, 5.41) is 20.1. The average molecular weight is 516 g/mol. The van der Waals surface area contributed by atoms with Crippen molar-refractivity contribution in [3.63, 3.8) is 0 Å². The Hall–Kier alpha value is -3.68. The van der Waals surface area contributed by atoms with Crippen molar-refractivity contribution in [1.29, 1.82) is 0 Å². The highest BCUT2D eigenvalue weighted by Gasteiger charge is 2.40. The number of carboxylic acids is 1. The first-order valence-corrected chi connectivity index (χ1v) is 13.2. The number of fused-ring (bicyclic) bond motifs is 1. The second kappa shape index (κ2) is 11.8. The SMILES string of the molecule is O=C(O)[C@@H]1Cc2c(cccc2OCc2ccccc2)CN1C(=O)C(OC1CCC(O)CC1)c1ccccc1. The van der Waals surface area contributed by atoms with Gasteiger partial charge in [-0.25, -0.2) is 4.79 Å². The lowest BCUT2D eigenvalue weighted by Gasteiger charge is -2.38. The van der Waals surface area contributed by atoms with E-state index in [0.717, 1.165) is 16.7 Å². The Morgan fingerprint density at radius 2 is 1.58 bits per heavy atom. The lowest BCUT2D eigenvalue weighted by Crippen LogP contribution is -2.51. The maximum Gasteiger partial charge on any atom is 0.326 e. The van der Waals surface area contributed by atoms with Crippen LogP contribution in [0.25, 0.3) is 0 Å². The van der Waals surface area contributed by atoms with Crippen LogP contribution < -0.4 is 4.74 Å². The van der Waals surface area contributed by atoms with Gasteiger partial charge >= 0.3 is 5.97 Å². The molecule has 198 valence electrons. The average Bonchev–Trinajstić information content (AvgIpc) is 2.95. The summed E-state index contributed by atoms with van der Waals surface area (Å²) in [7, 11) is 0. The molecule has 3 aromatic rings. The molecule has 7 nitrogen and oxygen atoms in total. The zero-order valence-corrected chi connectivity index (χ0v) is 21.2. The van der Waals surface area contributed by atoms with E-state index in [1.165, 1.54) is 4.90 Å². The van der Waals surface area contributed by atoms with Crippen LogP contribution in [0.4, 0.5) is 0 Å². The van der Waals surface area contributed by atoms with Gasteiger partial charge in [-0.2, -0.15) is 0 Å². The summed E-state index contributed by atoms with van der Waals surface area (Å²) >= 11 is 0. The highest BCUT2D eigenvalue weighted by atomic mass is 16.5.